The molecule has 130 valence electrons. The van der Waals surface area contributed by atoms with Crippen LogP contribution in [-0.2, 0) is 0 Å². The van der Waals surface area contributed by atoms with Crippen molar-refractivity contribution in [1.29, 1.82) is 0 Å². The molecule has 2 fully saturated rings. The number of nitrogens with zero attached hydrogens (tertiary/aromatic N) is 2. The van der Waals surface area contributed by atoms with Crippen molar-refractivity contribution in [1.82, 2.24) is 4.90 Å². The number of anilines is 1. The normalized spacial score (nSPS) is 21.6. The second-order valence-corrected chi connectivity index (χ2v) is 7.06. The van der Waals surface area contributed by atoms with Crippen molar-refractivity contribution in [2.24, 2.45) is 5.92 Å². The predicted molar refractivity (Wildman–Crippen MR) is 99.2 cm³/mol. The van der Waals surface area contributed by atoms with Crippen LogP contribution in [0.3, 0.4) is 0 Å². The van der Waals surface area contributed by atoms with E-state index in [9.17, 15) is 4.79 Å². The summed E-state index contributed by atoms with van der Waals surface area (Å²) >= 11 is 0. The van der Waals surface area contributed by atoms with Crippen molar-refractivity contribution in [3.05, 3.63) is 60.2 Å². The summed E-state index contributed by atoms with van der Waals surface area (Å²) in [4.78, 5) is 17.0. The van der Waals surface area contributed by atoms with Crippen LogP contribution in [0, 0.1) is 5.92 Å². The summed E-state index contributed by atoms with van der Waals surface area (Å²) in [5.74, 6) is 1.54. The lowest BCUT2D eigenvalue weighted by atomic mass is 10.1. The fourth-order valence-electron chi connectivity index (χ4n) is 3.14. The van der Waals surface area contributed by atoms with Gasteiger partial charge in [-0.1, -0.05) is 30.3 Å². The molecule has 2 aromatic carbocycles. The Labute approximate surface area is 149 Å². The van der Waals surface area contributed by atoms with Gasteiger partial charge in [0.2, 0.25) is 0 Å². The summed E-state index contributed by atoms with van der Waals surface area (Å²) in [5.41, 5.74) is 1.49. The van der Waals surface area contributed by atoms with E-state index in [1.54, 1.807) is 11.9 Å². The van der Waals surface area contributed by atoms with E-state index in [1.165, 1.54) is 19.4 Å². The van der Waals surface area contributed by atoms with Gasteiger partial charge in [0.1, 0.15) is 12.4 Å². The number of hydrogen-bond donors (Lipinski definition) is 0. The van der Waals surface area contributed by atoms with Crippen LogP contribution in [0.4, 0.5) is 5.69 Å². The predicted octanol–water partition coefficient (Wildman–Crippen LogP) is 3.44. The zero-order valence-corrected chi connectivity index (χ0v) is 14.6. The average Bonchev–Trinajstić information content (AvgIpc) is 3.59. The van der Waals surface area contributed by atoms with E-state index in [-0.39, 0.29) is 5.91 Å². The van der Waals surface area contributed by atoms with Crippen molar-refractivity contribution in [3.8, 4) is 5.75 Å². The molecular formula is C21H24N2O2. The maximum absolute atomic E-state index is 12.9. The van der Waals surface area contributed by atoms with E-state index in [1.807, 2.05) is 54.6 Å². The van der Waals surface area contributed by atoms with Gasteiger partial charge in [-0.2, -0.15) is 0 Å². The summed E-state index contributed by atoms with van der Waals surface area (Å²) in [5, 5.41) is 0. The quantitative estimate of drug-likeness (QED) is 0.726. The Balaban J connectivity index is 1.41. The molecule has 0 radical (unpaired) electrons. The monoisotopic (exact) mass is 336 g/mol. The largest absolute Gasteiger partial charge is 0.491 e. The molecule has 2 atom stereocenters. The topological polar surface area (TPSA) is 32.6 Å². The lowest BCUT2D eigenvalue weighted by Gasteiger charge is -2.19. The molecule has 0 bridgehead atoms. The zero-order chi connectivity index (χ0) is 17.2. The zero-order valence-electron chi connectivity index (χ0n) is 14.6. The van der Waals surface area contributed by atoms with Gasteiger partial charge in [-0.3, -0.25) is 9.69 Å². The van der Waals surface area contributed by atoms with E-state index in [4.69, 9.17) is 4.74 Å². The highest BCUT2D eigenvalue weighted by atomic mass is 16.5. The maximum atomic E-state index is 12.9. The third-order valence-electron chi connectivity index (χ3n) is 5.01. The van der Waals surface area contributed by atoms with Gasteiger partial charge in [0.15, 0.2) is 0 Å². The van der Waals surface area contributed by atoms with Crippen LogP contribution in [-0.4, -0.2) is 43.6 Å². The maximum Gasteiger partial charge on any atom is 0.261 e. The molecule has 2 unspecified atom stereocenters. The smallest absolute Gasteiger partial charge is 0.261 e. The fraction of sp³-hybridized carbons (Fsp3) is 0.381. The Morgan fingerprint density at radius 3 is 2.60 bits per heavy atom. The summed E-state index contributed by atoms with van der Waals surface area (Å²) in [7, 11) is 1.80. The van der Waals surface area contributed by atoms with Crippen LogP contribution in [0.1, 0.15) is 23.2 Å². The Kier molecular flexibility index (Phi) is 4.45. The standard InChI is InChI=1S/C21H24N2O2/c1-22(17-7-3-2-4-8-17)21(24)19-9-5-6-10-20(19)25-15-18-14-23(18)13-16-11-12-16/h2-10,16,18H,11-15H2,1H3. The molecule has 1 heterocycles. The van der Waals surface area contributed by atoms with Gasteiger partial charge >= 0.3 is 0 Å². The second kappa shape index (κ2) is 6.89. The number of para-hydroxylation sites is 2. The number of carbonyl (C=O) groups is 1. The number of ether oxygens (including phenoxy) is 1. The lowest BCUT2D eigenvalue weighted by molar-refractivity contribution is 0.0989. The molecule has 1 amide bonds. The van der Waals surface area contributed by atoms with Crippen molar-refractivity contribution in [2.45, 2.75) is 18.9 Å². The van der Waals surface area contributed by atoms with Gasteiger partial charge in [0.05, 0.1) is 11.6 Å². The van der Waals surface area contributed by atoms with Crippen LogP contribution in [0.2, 0.25) is 0 Å². The molecule has 2 aromatic rings. The number of rotatable bonds is 7. The molecule has 1 aliphatic heterocycles. The molecule has 4 heteroatoms. The molecule has 1 aliphatic carbocycles. The molecule has 25 heavy (non-hydrogen) atoms. The van der Waals surface area contributed by atoms with Gasteiger partial charge in [0.25, 0.3) is 5.91 Å². The van der Waals surface area contributed by atoms with E-state index in [2.05, 4.69) is 4.90 Å². The minimum absolute atomic E-state index is 0.0487. The van der Waals surface area contributed by atoms with Gasteiger partial charge in [-0.05, 0) is 43.0 Å². The average molecular weight is 336 g/mol. The highest BCUT2D eigenvalue weighted by Crippen LogP contribution is 2.34. The van der Waals surface area contributed by atoms with E-state index >= 15 is 0 Å². The molecule has 0 N–H and O–H groups in total. The minimum atomic E-state index is -0.0487. The first kappa shape index (κ1) is 16.2. The van der Waals surface area contributed by atoms with Crippen LogP contribution in [0.15, 0.2) is 54.6 Å². The lowest BCUT2D eigenvalue weighted by Crippen LogP contribution is -2.27. The molecule has 4 rings (SSSR count). The molecule has 2 aliphatic rings. The Bertz CT molecular complexity index is 743. The van der Waals surface area contributed by atoms with Gasteiger partial charge in [0, 0.05) is 25.8 Å². The van der Waals surface area contributed by atoms with Crippen molar-refractivity contribution >= 4 is 11.6 Å². The SMILES string of the molecule is CN(C(=O)c1ccccc1OCC1CN1CC1CC1)c1ccccc1. The fourth-order valence-corrected chi connectivity index (χ4v) is 3.14. The number of benzene rings is 2. The number of carbonyl (C=O) groups excluding carboxylic acids is 1. The Morgan fingerprint density at radius 1 is 1.12 bits per heavy atom. The highest BCUT2D eigenvalue weighted by Gasteiger charge is 2.38. The van der Waals surface area contributed by atoms with Crippen LogP contribution < -0.4 is 9.64 Å². The van der Waals surface area contributed by atoms with E-state index < -0.39 is 0 Å². The van der Waals surface area contributed by atoms with Crippen LogP contribution in [0.5, 0.6) is 5.75 Å². The van der Waals surface area contributed by atoms with Crippen LogP contribution >= 0.6 is 0 Å². The summed E-state index contributed by atoms with van der Waals surface area (Å²) < 4.78 is 6.01. The summed E-state index contributed by atoms with van der Waals surface area (Å²) in [6.45, 7) is 2.99. The second-order valence-electron chi connectivity index (χ2n) is 7.06. The first-order valence-corrected chi connectivity index (χ1v) is 9.01. The molecular weight excluding hydrogens is 312 g/mol. The van der Waals surface area contributed by atoms with E-state index in [0.29, 0.717) is 24.0 Å². The number of amides is 1. The third-order valence-corrected chi connectivity index (χ3v) is 5.01. The minimum Gasteiger partial charge on any atom is -0.491 e. The Morgan fingerprint density at radius 2 is 1.84 bits per heavy atom. The first-order valence-electron chi connectivity index (χ1n) is 9.01. The Hall–Kier alpha value is -2.33. The van der Waals surface area contributed by atoms with Crippen molar-refractivity contribution in [2.75, 3.05) is 31.6 Å². The first-order chi connectivity index (χ1) is 12.2. The highest BCUT2D eigenvalue weighted by molar-refractivity contribution is 6.07. The number of hydrogen-bond acceptors (Lipinski definition) is 3. The molecule has 4 nitrogen and oxygen atoms in total. The summed E-state index contributed by atoms with van der Waals surface area (Å²) in [6, 6.07) is 17.7. The van der Waals surface area contributed by atoms with Crippen LogP contribution in [0.25, 0.3) is 0 Å². The van der Waals surface area contributed by atoms with Crippen molar-refractivity contribution in [3.63, 3.8) is 0 Å². The third kappa shape index (κ3) is 3.85. The van der Waals surface area contributed by atoms with E-state index in [0.717, 1.165) is 18.2 Å². The molecule has 1 saturated heterocycles. The molecule has 0 aromatic heterocycles. The van der Waals surface area contributed by atoms with Gasteiger partial charge in [-0.15, -0.1) is 0 Å². The summed E-state index contributed by atoms with van der Waals surface area (Å²) in [6.07, 6.45) is 2.76. The molecule has 1 saturated carbocycles. The van der Waals surface area contributed by atoms with Gasteiger partial charge in [-0.25, -0.2) is 0 Å². The van der Waals surface area contributed by atoms with Crippen molar-refractivity contribution < 1.29 is 9.53 Å². The molecule has 0 spiro atoms. The van der Waals surface area contributed by atoms with Gasteiger partial charge < -0.3 is 9.64 Å².